The van der Waals surface area contributed by atoms with Crippen molar-refractivity contribution in [1.82, 2.24) is 8.87 Å². The molecule has 0 saturated carbocycles. The third kappa shape index (κ3) is 3.91. The number of esters is 1. The third-order valence-corrected chi connectivity index (χ3v) is 8.83. The number of amides is 1. The Hall–Kier alpha value is -4.70. The predicted molar refractivity (Wildman–Crippen MR) is 146 cm³/mol. The maximum atomic E-state index is 14.1. The first kappa shape index (κ1) is 25.6. The van der Waals surface area contributed by atoms with Crippen molar-refractivity contribution in [3.05, 3.63) is 107 Å². The van der Waals surface area contributed by atoms with Crippen LogP contribution in [0.5, 0.6) is 5.75 Å². The molecule has 1 aromatic heterocycles. The Kier molecular flexibility index (Phi) is 6.07. The van der Waals surface area contributed by atoms with E-state index in [-0.39, 0.29) is 35.0 Å². The second-order valence-corrected chi connectivity index (χ2v) is 11.2. The van der Waals surface area contributed by atoms with Crippen LogP contribution in [-0.4, -0.2) is 43.4 Å². The van der Waals surface area contributed by atoms with Crippen molar-refractivity contribution < 1.29 is 31.9 Å². The van der Waals surface area contributed by atoms with E-state index in [1.807, 2.05) is 0 Å². The Morgan fingerprint density at radius 3 is 2.42 bits per heavy atom. The summed E-state index contributed by atoms with van der Waals surface area (Å²) in [6, 6.07) is 20.2. The monoisotopic (exact) mass is 558 g/mol. The molecule has 202 valence electrons. The average molecular weight is 559 g/mol. The average Bonchev–Trinajstić information content (AvgIpc) is 3.47. The zero-order chi connectivity index (χ0) is 28.2. The highest BCUT2D eigenvalue weighted by Gasteiger charge is 2.36. The summed E-state index contributed by atoms with van der Waals surface area (Å²) in [4.78, 5) is 28.5. The maximum absolute atomic E-state index is 14.1. The van der Waals surface area contributed by atoms with E-state index in [9.17, 15) is 22.4 Å². The fourth-order valence-corrected chi connectivity index (χ4v) is 6.88. The number of rotatable bonds is 6. The number of hydrogen-bond donors (Lipinski definition) is 0. The number of carbonyl (C=O) groups is 2. The first-order chi connectivity index (χ1) is 19.2. The van der Waals surface area contributed by atoms with E-state index in [1.165, 1.54) is 56.7 Å². The van der Waals surface area contributed by atoms with Gasteiger partial charge in [0.1, 0.15) is 11.6 Å². The summed E-state index contributed by atoms with van der Waals surface area (Å²) in [5.41, 5.74) is 1.85. The molecule has 1 aliphatic heterocycles. The van der Waals surface area contributed by atoms with Gasteiger partial charge in [0.15, 0.2) is 0 Å². The third-order valence-electron chi connectivity index (χ3n) is 7.10. The zero-order valence-corrected chi connectivity index (χ0v) is 22.4. The van der Waals surface area contributed by atoms with Gasteiger partial charge in [0.2, 0.25) is 0 Å². The lowest BCUT2D eigenvalue weighted by atomic mass is 9.98. The fraction of sp³-hybridized carbons (Fsp3) is 0.133. The van der Waals surface area contributed by atoms with Crippen LogP contribution in [0.1, 0.15) is 31.8 Å². The Balaban J connectivity index is 1.63. The topological polar surface area (TPSA) is 94.9 Å². The van der Waals surface area contributed by atoms with Crippen molar-refractivity contribution in [3.8, 4) is 5.75 Å². The second-order valence-electron chi connectivity index (χ2n) is 9.43. The predicted octanol–water partition coefficient (Wildman–Crippen LogP) is 5.12. The van der Waals surface area contributed by atoms with Crippen LogP contribution in [0.25, 0.3) is 21.8 Å². The Bertz CT molecular complexity index is 1950. The van der Waals surface area contributed by atoms with E-state index in [0.717, 1.165) is 3.97 Å². The maximum Gasteiger partial charge on any atom is 0.340 e. The molecule has 8 nitrogen and oxygen atoms in total. The highest BCUT2D eigenvalue weighted by Crippen LogP contribution is 2.41. The molecule has 10 heteroatoms. The molecule has 0 unspecified atom stereocenters. The highest BCUT2D eigenvalue weighted by atomic mass is 32.2. The van der Waals surface area contributed by atoms with Crippen molar-refractivity contribution in [2.75, 3.05) is 14.2 Å². The van der Waals surface area contributed by atoms with Gasteiger partial charge in [0.25, 0.3) is 15.9 Å². The number of benzene rings is 4. The van der Waals surface area contributed by atoms with E-state index in [2.05, 4.69) is 0 Å². The van der Waals surface area contributed by atoms with Crippen molar-refractivity contribution in [2.45, 2.75) is 18.0 Å². The summed E-state index contributed by atoms with van der Waals surface area (Å²) in [6.45, 7) is 0.304. The molecule has 6 rings (SSSR count). The molecule has 5 aromatic rings. The molecule has 0 N–H and O–H groups in total. The van der Waals surface area contributed by atoms with Crippen LogP contribution in [0, 0.1) is 5.82 Å². The molecule has 0 atom stereocenters. The first-order valence-electron chi connectivity index (χ1n) is 12.3. The van der Waals surface area contributed by atoms with E-state index in [1.54, 1.807) is 41.3 Å². The highest BCUT2D eigenvalue weighted by molar-refractivity contribution is 7.90. The molecule has 0 fully saturated rings. The first-order valence-corrected chi connectivity index (χ1v) is 13.8. The fourth-order valence-electron chi connectivity index (χ4n) is 5.34. The van der Waals surface area contributed by atoms with Crippen molar-refractivity contribution in [2.24, 2.45) is 0 Å². The smallest absolute Gasteiger partial charge is 0.340 e. The van der Waals surface area contributed by atoms with Crippen LogP contribution in [0.3, 0.4) is 0 Å². The van der Waals surface area contributed by atoms with Gasteiger partial charge in [-0.25, -0.2) is 21.6 Å². The largest absolute Gasteiger partial charge is 0.497 e. The summed E-state index contributed by atoms with van der Waals surface area (Å²) in [7, 11) is -1.56. The van der Waals surface area contributed by atoms with Crippen molar-refractivity contribution in [1.29, 1.82) is 0 Å². The molecular formula is C30H23FN2O6S. The van der Waals surface area contributed by atoms with E-state index in [0.29, 0.717) is 38.7 Å². The number of ether oxygens (including phenoxy) is 2. The van der Waals surface area contributed by atoms with Crippen LogP contribution in [0.4, 0.5) is 4.39 Å². The van der Waals surface area contributed by atoms with Gasteiger partial charge in [-0.2, -0.15) is 0 Å². The van der Waals surface area contributed by atoms with Gasteiger partial charge in [-0.05, 0) is 59.7 Å². The number of carbonyl (C=O) groups excluding carboxylic acids is 2. The normalized spacial score (nSPS) is 13.2. The number of nitrogens with zero attached hydrogens (tertiary/aromatic N) is 2. The molecular weight excluding hydrogens is 535 g/mol. The molecule has 0 bridgehead atoms. The van der Waals surface area contributed by atoms with E-state index >= 15 is 0 Å². The lowest BCUT2D eigenvalue weighted by molar-refractivity contribution is 0.0602. The standard InChI is InChI=1S/C30H23FN2O6S/c1-38-21-10-12-22(13-11-21)40(36,37)33-25-9-4-3-8-23(25)27-26-19(15-24(28(27)33)30(35)39-2)17-32(29(26)34)16-18-6-5-7-20(31)14-18/h3-15H,16-17H2,1-2H3. The number of methoxy groups -OCH3 is 2. The lowest BCUT2D eigenvalue weighted by Gasteiger charge is -2.15. The van der Waals surface area contributed by atoms with Crippen LogP contribution in [0.15, 0.2) is 83.8 Å². The minimum atomic E-state index is -4.25. The molecule has 0 aliphatic carbocycles. The quantitative estimate of drug-likeness (QED) is 0.269. The second kappa shape index (κ2) is 9.49. The van der Waals surface area contributed by atoms with Gasteiger partial charge < -0.3 is 14.4 Å². The Labute approximate surface area is 229 Å². The van der Waals surface area contributed by atoms with Crippen LogP contribution >= 0.6 is 0 Å². The summed E-state index contributed by atoms with van der Waals surface area (Å²) in [5.74, 6) is -1.01. The number of fused-ring (bicyclic) bond motifs is 5. The molecule has 0 spiro atoms. The summed E-state index contributed by atoms with van der Waals surface area (Å²) in [5, 5.41) is 0.842. The molecule has 40 heavy (non-hydrogen) atoms. The molecule has 2 heterocycles. The zero-order valence-electron chi connectivity index (χ0n) is 21.5. The van der Waals surface area contributed by atoms with Crippen LogP contribution in [-0.2, 0) is 27.8 Å². The van der Waals surface area contributed by atoms with Crippen molar-refractivity contribution in [3.63, 3.8) is 0 Å². The molecule has 1 aliphatic rings. The van der Waals surface area contributed by atoms with E-state index < -0.39 is 21.8 Å². The lowest BCUT2D eigenvalue weighted by Crippen LogP contribution is -2.23. The van der Waals surface area contributed by atoms with Gasteiger partial charge in [-0.1, -0.05) is 30.3 Å². The summed E-state index contributed by atoms with van der Waals surface area (Å²) < 4.78 is 53.5. The van der Waals surface area contributed by atoms with Gasteiger partial charge in [0, 0.05) is 23.9 Å². The van der Waals surface area contributed by atoms with Gasteiger partial charge in [-0.15, -0.1) is 0 Å². The van der Waals surface area contributed by atoms with Crippen LogP contribution < -0.4 is 4.74 Å². The van der Waals surface area contributed by atoms with Crippen LogP contribution in [0.2, 0.25) is 0 Å². The number of aromatic nitrogens is 1. The minimum absolute atomic E-state index is 0.0185. The number of hydrogen-bond acceptors (Lipinski definition) is 6. The summed E-state index contributed by atoms with van der Waals surface area (Å²) in [6.07, 6.45) is 0. The number of para-hydroxylation sites is 1. The minimum Gasteiger partial charge on any atom is -0.497 e. The Morgan fingerprint density at radius 1 is 0.975 bits per heavy atom. The molecule has 1 amide bonds. The number of halogens is 1. The SMILES string of the molecule is COC(=O)c1cc2c(c3c4ccccc4n(S(=O)(=O)c4ccc(OC)cc4)c13)C(=O)N(Cc1cccc(F)c1)C2. The molecule has 0 radical (unpaired) electrons. The van der Waals surface area contributed by atoms with E-state index in [4.69, 9.17) is 9.47 Å². The Morgan fingerprint density at radius 2 is 1.73 bits per heavy atom. The summed E-state index contributed by atoms with van der Waals surface area (Å²) >= 11 is 0. The van der Waals surface area contributed by atoms with Gasteiger partial charge >= 0.3 is 5.97 Å². The van der Waals surface area contributed by atoms with Gasteiger partial charge in [-0.3, -0.25) is 4.79 Å². The van der Waals surface area contributed by atoms with Gasteiger partial charge in [0.05, 0.1) is 41.3 Å². The van der Waals surface area contributed by atoms with Crippen molar-refractivity contribution >= 4 is 43.7 Å². The molecule has 0 saturated heterocycles. The molecule has 4 aromatic carbocycles.